The molecule has 0 heterocycles. The Bertz CT molecular complexity index is 458. The summed E-state index contributed by atoms with van der Waals surface area (Å²) in [7, 11) is 1.40. The van der Waals surface area contributed by atoms with Crippen LogP contribution in [0.2, 0.25) is 0 Å². The van der Waals surface area contributed by atoms with Crippen molar-refractivity contribution in [3.05, 3.63) is 28.8 Å². The summed E-state index contributed by atoms with van der Waals surface area (Å²) >= 11 is 0. The van der Waals surface area contributed by atoms with E-state index in [4.69, 9.17) is 10.00 Å². The van der Waals surface area contributed by atoms with Crippen LogP contribution in [-0.2, 0) is 0 Å². The Morgan fingerprint density at radius 1 is 1.53 bits per heavy atom. The van der Waals surface area contributed by atoms with Gasteiger partial charge >= 0.3 is 0 Å². The van der Waals surface area contributed by atoms with Gasteiger partial charge in [0.15, 0.2) is 12.1 Å². The highest BCUT2D eigenvalue weighted by atomic mass is 16.5. The molecular weight excluding hydrogens is 194 g/mol. The van der Waals surface area contributed by atoms with Crippen molar-refractivity contribution in [2.24, 2.45) is 0 Å². The fourth-order valence-electron chi connectivity index (χ4n) is 1.31. The summed E-state index contributed by atoms with van der Waals surface area (Å²) in [5, 5.41) is 8.87. The fraction of sp³-hybridized carbons (Fsp3) is 0.182. The zero-order valence-electron chi connectivity index (χ0n) is 8.40. The molecule has 1 rings (SSSR count). The van der Waals surface area contributed by atoms with Crippen LogP contribution < -0.4 is 4.74 Å². The Morgan fingerprint density at radius 2 is 2.20 bits per heavy atom. The van der Waals surface area contributed by atoms with E-state index >= 15 is 0 Å². The molecule has 0 aliphatic heterocycles. The molecule has 0 bridgehead atoms. The van der Waals surface area contributed by atoms with E-state index in [9.17, 15) is 9.59 Å². The van der Waals surface area contributed by atoms with Crippen LogP contribution in [0.4, 0.5) is 0 Å². The molecule has 76 valence electrons. The zero-order chi connectivity index (χ0) is 11.4. The number of aldehydes is 1. The van der Waals surface area contributed by atoms with Gasteiger partial charge in [0.1, 0.15) is 17.4 Å². The number of ether oxygens (including phenoxy) is 1. The Labute approximate surface area is 87.1 Å². The van der Waals surface area contributed by atoms with Gasteiger partial charge in [0, 0.05) is 11.1 Å². The lowest BCUT2D eigenvalue weighted by molar-refractivity contribution is 0.100. The van der Waals surface area contributed by atoms with E-state index in [-0.39, 0.29) is 22.5 Å². The zero-order valence-corrected chi connectivity index (χ0v) is 8.40. The molecule has 0 saturated heterocycles. The molecule has 1 aromatic rings. The van der Waals surface area contributed by atoms with E-state index in [0.29, 0.717) is 12.0 Å². The highest BCUT2D eigenvalue weighted by Crippen LogP contribution is 2.23. The molecule has 0 aliphatic carbocycles. The summed E-state index contributed by atoms with van der Waals surface area (Å²) in [4.78, 5) is 22.0. The minimum atomic E-state index is -0.253. The minimum Gasteiger partial charge on any atom is -0.495 e. The van der Waals surface area contributed by atoms with E-state index in [2.05, 4.69) is 0 Å². The first kappa shape index (κ1) is 10.9. The van der Waals surface area contributed by atoms with Crippen molar-refractivity contribution >= 4 is 12.1 Å². The van der Waals surface area contributed by atoms with Crippen LogP contribution in [0.1, 0.15) is 33.2 Å². The van der Waals surface area contributed by atoms with Crippen LogP contribution in [0.5, 0.6) is 5.75 Å². The molecule has 0 unspecified atom stereocenters. The molecular formula is C11H9NO3. The molecule has 0 radical (unpaired) electrons. The van der Waals surface area contributed by atoms with Gasteiger partial charge in [0.05, 0.1) is 7.11 Å². The number of carbonyl (C=O) groups excluding carboxylic acids is 2. The predicted molar refractivity (Wildman–Crippen MR) is 53.1 cm³/mol. The predicted octanol–water partition coefficient (Wildman–Crippen LogP) is 1.58. The van der Waals surface area contributed by atoms with Gasteiger partial charge in [-0.3, -0.25) is 9.59 Å². The Kier molecular flexibility index (Phi) is 3.19. The normalized spacial score (nSPS) is 9.13. The topological polar surface area (TPSA) is 67.2 Å². The molecule has 0 aromatic heterocycles. The highest BCUT2D eigenvalue weighted by Gasteiger charge is 2.15. The van der Waals surface area contributed by atoms with E-state index < -0.39 is 0 Å². The molecule has 15 heavy (non-hydrogen) atoms. The number of hydrogen-bond donors (Lipinski definition) is 0. The summed E-state index contributed by atoms with van der Waals surface area (Å²) < 4.78 is 4.92. The Balaban J connectivity index is 3.57. The van der Waals surface area contributed by atoms with E-state index in [1.165, 1.54) is 26.2 Å². The number of ketones is 1. The van der Waals surface area contributed by atoms with Crippen molar-refractivity contribution in [2.45, 2.75) is 6.92 Å². The van der Waals surface area contributed by atoms with E-state index in [1.54, 1.807) is 0 Å². The average Bonchev–Trinajstić information content (AvgIpc) is 2.26. The smallest absolute Gasteiger partial charge is 0.160 e. The molecule has 0 N–H and O–H groups in total. The van der Waals surface area contributed by atoms with Gasteiger partial charge in [0.2, 0.25) is 0 Å². The van der Waals surface area contributed by atoms with Gasteiger partial charge in [0.25, 0.3) is 0 Å². The second-order valence-corrected chi connectivity index (χ2v) is 2.89. The van der Waals surface area contributed by atoms with Gasteiger partial charge in [-0.15, -0.1) is 0 Å². The van der Waals surface area contributed by atoms with Crippen molar-refractivity contribution in [3.8, 4) is 11.8 Å². The first-order valence-electron chi connectivity index (χ1n) is 4.23. The highest BCUT2D eigenvalue weighted by molar-refractivity contribution is 6.03. The molecule has 0 aliphatic rings. The summed E-state index contributed by atoms with van der Waals surface area (Å²) in [6.07, 6.45) is 0.498. The van der Waals surface area contributed by atoms with Crippen molar-refractivity contribution in [3.63, 3.8) is 0 Å². The number of Topliss-reactive ketones (excluding diaryl/α,β-unsaturated/α-hetero) is 1. The largest absolute Gasteiger partial charge is 0.495 e. The average molecular weight is 203 g/mol. The molecule has 4 nitrogen and oxygen atoms in total. The van der Waals surface area contributed by atoms with Crippen molar-refractivity contribution in [1.29, 1.82) is 5.26 Å². The van der Waals surface area contributed by atoms with Gasteiger partial charge in [-0.1, -0.05) is 0 Å². The number of hydrogen-bond acceptors (Lipinski definition) is 4. The first-order valence-corrected chi connectivity index (χ1v) is 4.23. The van der Waals surface area contributed by atoms with Crippen molar-refractivity contribution < 1.29 is 14.3 Å². The van der Waals surface area contributed by atoms with Crippen LogP contribution in [-0.4, -0.2) is 19.2 Å². The number of nitriles is 1. The second-order valence-electron chi connectivity index (χ2n) is 2.89. The molecule has 0 fully saturated rings. The van der Waals surface area contributed by atoms with Crippen LogP contribution >= 0.6 is 0 Å². The number of nitrogens with zero attached hydrogens (tertiary/aromatic N) is 1. The standard InChI is InChI=1S/C11H9NO3/c1-7(14)8-3-4-11(15-2)9(5-12)10(8)6-13/h3-4,6H,1-2H3. The minimum absolute atomic E-state index is 0.0874. The SMILES string of the molecule is COc1ccc(C(C)=O)c(C=O)c1C#N. The number of benzene rings is 1. The van der Waals surface area contributed by atoms with Crippen molar-refractivity contribution in [1.82, 2.24) is 0 Å². The molecule has 0 amide bonds. The second kappa shape index (κ2) is 4.38. The maximum Gasteiger partial charge on any atom is 0.160 e. The fourth-order valence-corrected chi connectivity index (χ4v) is 1.31. The molecule has 0 saturated carbocycles. The molecule has 4 heteroatoms. The summed E-state index contributed by atoms with van der Waals surface area (Å²) in [5.41, 5.74) is 0.423. The molecule has 0 spiro atoms. The summed E-state index contributed by atoms with van der Waals surface area (Å²) in [5.74, 6) is 0.0425. The van der Waals surface area contributed by atoms with Crippen LogP contribution in [0.25, 0.3) is 0 Å². The lowest BCUT2D eigenvalue weighted by atomic mass is 9.99. The third-order valence-electron chi connectivity index (χ3n) is 2.04. The van der Waals surface area contributed by atoms with Gasteiger partial charge in [-0.25, -0.2) is 0 Å². The van der Waals surface area contributed by atoms with Crippen LogP contribution in [0.15, 0.2) is 12.1 Å². The van der Waals surface area contributed by atoms with Crippen molar-refractivity contribution in [2.75, 3.05) is 7.11 Å². The number of rotatable bonds is 3. The summed E-state index contributed by atoms with van der Waals surface area (Å²) in [6, 6.07) is 4.83. The van der Waals surface area contributed by atoms with Crippen LogP contribution in [0, 0.1) is 11.3 Å². The van der Waals surface area contributed by atoms with E-state index in [1.807, 2.05) is 6.07 Å². The Hall–Kier alpha value is -2.15. The maximum absolute atomic E-state index is 11.2. The molecule has 1 aromatic carbocycles. The monoisotopic (exact) mass is 203 g/mol. The third kappa shape index (κ3) is 1.86. The lowest BCUT2D eigenvalue weighted by Gasteiger charge is -2.07. The first-order chi connectivity index (χ1) is 7.15. The number of carbonyl (C=O) groups is 2. The van der Waals surface area contributed by atoms with E-state index in [0.717, 1.165) is 0 Å². The lowest BCUT2D eigenvalue weighted by Crippen LogP contribution is -2.03. The summed E-state index contributed by atoms with van der Waals surface area (Å²) in [6.45, 7) is 1.34. The van der Waals surface area contributed by atoms with Gasteiger partial charge in [-0.2, -0.15) is 5.26 Å². The van der Waals surface area contributed by atoms with Crippen LogP contribution in [0.3, 0.4) is 0 Å². The van der Waals surface area contributed by atoms with Gasteiger partial charge < -0.3 is 4.74 Å². The molecule has 0 atom stereocenters. The maximum atomic E-state index is 11.2. The quantitative estimate of drug-likeness (QED) is 0.552. The van der Waals surface area contributed by atoms with Gasteiger partial charge in [-0.05, 0) is 19.1 Å². The third-order valence-corrected chi connectivity index (χ3v) is 2.04. The number of methoxy groups -OCH3 is 1. The Morgan fingerprint density at radius 3 is 2.60 bits per heavy atom.